The van der Waals surface area contributed by atoms with Crippen LogP contribution in [0, 0.1) is 6.92 Å². The summed E-state index contributed by atoms with van der Waals surface area (Å²) >= 11 is 0. The van der Waals surface area contributed by atoms with Gasteiger partial charge in [0.2, 0.25) is 0 Å². The number of ether oxygens (including phenoxy) is 2. The van der Waals surface area contributed by atoms with Crippen LogP contribution in [0.1, 0.15) is 28.4 Å². The molecule has 144 valence electrons. The Kier molecular flexibility index (Phi) is 6.85. The Labute approximate surface area is 161 Å². The number of hydrogen-bond donors (Lipinski definition) is 1. The maximum Gasteiger partial charge on any atom is 0.251 e. The molecule has 5 nitrogen and oxygen atoms in total. The second-order valence-corrected chi connectivity index (χ2v) is 7.04. The largest absolute Gasteiger partial charge is 0.491 e. The van der Waals surface area contributed by atoms with Crippen molar-refractivity contribution >= 4 is 5.91 Å². The van der Waals surface area contributed by atoms with Crippen LogP contribution >= 0.6 is 0 Å². The van der Waals surface area contributed by atoms with E-state index in [-0.39, 0.29) is 11.9 Å². The Bertz CT molecular complexity index is 757. The third kappa shape index (κ3) is 5.81. The number of para-hydroxylation sites is 1. The zero-order valence-corrected chi connectivity index (χ0v) is 16.1. The van der Waals surface area contributed by atoms with Crippen LogP contribution in [0.5, 0.6) is 5.75 Å². The number of carbonyl (C=O) groups excluding carboxylic acids is 1. The van der Waals surface area contributed by atoms with E-state index in [0.29, 0.717) is 12.2 Å². The predicted octanol–water partition coefficient (Wildman–Crippen LogP) is 3.02. The van der Waals surface area contributed by atoms with Gasteiger partial charge in [-0.05, 0) is 43.2 Å². The highest BCUT2D eigenvalue weighted by Crippen LogP contribution is 2.16. The van der Waals surface area contributed by atoms with Gasteiger partial charge < -0.3 is 14.8 Å². The summed E-state index contributed by atoms with van der Waals surface area (Å²) in [5.41, 5.74) is 2.92. The van der Waals surface area contributed by atoms with Crippen molar-refractivity contribution in [2.75, 3.05) is 32.9 Å². The van der Waals surface area contributed by atoms with Gasteiger partial charge in [-0.15, -0.1) is 0 Å². The van der Waals surface area contributed by atoms with Crippen LogP contribution in [0.4, 0.5) is 0 Å². The molecule has 1 aliphatic heterocycles. The van der Waals surface area contributed by atoms with Crippen molar-refractivity contribution in [3.05, 3.63) is 65.2 Å². The average Bonchev–Trinajstić information content (AvgIpc) is 2.68. The Morgan fingerprint density at radius 1 is 1.19 bits per heavy atom. The highest BCUT2D eigenvalue weighted by Gasteiger charge is 2.14. The predicted molar refractivity (Wildman–Crippen MR) is 106 cm³/mol. The summed E-state index contributed by atoms with van der Waals surface area (Å²) < 4.78 is 11.2. The quantitative estimate of drug-likeness (QED) is 0.816. The highest BCUT2D eigenvalue weighted by molar-refractivity contribution is 5.94. The number of nitrogens with one attached hydrogen (secondary N) is 1. The first-order chi connectivity index (χ1) is 13.1. The van der Waals surface area contributed by atoms with Gasteiger partial charge in [-0.1, -0.05) is 30.3 Å². The Hall–Kier alpha value is -2.37. The normalized spacial score (nSPS) is 15.9. The number of carbonyl (C=O) groups is 1. The molecule has 1 unspecified atom stereocenters. The van der Waals surface area contributed by atoms with Crippen molar-refractivity contribution in [1.29, 1.82) is 0 Å². The van der Waals surface area contributed by atoms with Crippen LogP contribution in [-0.4, -0.2) is 49.8 Å². The number of hydrogen-bond acceptors (Lipinski definition) is 4. The fraction of sp³-hybridized carbons (Fsp3) is 0.409. The molecule has 0 saturated carbocycles. The number of benzene rings is 2. The Balaban J connectivity index is 1.52. The lowest BCUT2D eigenvalue weighted by Gasteiger charge is -2.26. The van der Waals surface area contributed by atoms with Gasteiger partial charge >= 0.3 is 0 Å². The van der Waals surface area contributed by atoms with E-state index in [4.69, 9.17) is 9.47 Å². The van der Waals surface area contributed by atoms with Gasteiger partial charge in [0.25, 0.3) is 5.91 Å². The van der Waals surface area contributed by atoms with Crippen LogP contribution in [0.3, 0.4) is 0 Å². The Morgan fingerprint density at radius 3 is 2.74 bits per heavy atom. The van der Waals surface area contributed by atoms with Gasteiger partial charge in [-0.2, -0.15) is 0 Å². The summed E-state index contributed by atoms with van der Waals surface area (Å²) in [7, 11) is 0. The van der Waals surface area contributed by atoms with Crippen LogP contribution in [0.25, 0.3) is 0 Å². The maximum atomic E-state index is 12.6. The molecule has 1 amide bonds. The third-order valence-corrected chi connectivity index (χ3v) is 4.66. The molecule has 2 aromatic carbocycles. The van der Waals surface area contributed by atoms with Crippen LogP contribution in [0.2, 0.25) is 0 Å². The molecular formula is C22H28N2O3. The van der Waals surface area contributed by atoms with Crippen LogP contribution < -0.4 is 10.1 Å². The van der Waals surface area contributed by atoms with E-state index in [2.05, 4.69) is 16.3 Å². The molecule has 0 radical (unpaired) electrons. The van der Waals surface area contributed by atoms with E-state index < -0.39 is 0 Å². The van der Waals surface area contributed by atoms with Gasteiger partial charge in [0, 0.05) is 25.2 Å². The molecule has 5 heteroatoms. The summed E-state index contributed by atoms with van der Waals surface area (Å²) in [6.45, 7) is 8.66. The molecule has 2 aromatic rings. The van der Waals surface area contributed by atoms with E-state index in [1.54, 1.807) is 0 Å². The smallest absolute Gasteiger partial charge is 0.251 e. The van der Waals surface area contributed by atoms with Gasteiger partial charge in [-0.25, -0.2) is 0 Å². The fourth-order valence-corrected chi connectivity index (χ4v) is 3.11. The molecular weight excluding hydrogens is 340 g/mol. The second kappa shape index (κ2) is 9.53. The number of aryl methyl sites for hydroxylation is 1. The molecule has 1 atom stereocenters. The molecule has 0 aromatic heterocycles. The second-order valence-electron chi connectivity index (χ2n) is 7.04. The molecule has 1 fully saturated rings. The first kappa shape index (κ1) is 19.4. The summed E-state index contributed by atoms with van der Waals surface area (Å²) in [5, 5.41) is 3.02. The highest BCUT2D eigenvalue weighted by atomic mass is 16.5. The summed E-state index contributed by atoms with van der Waals surface area (Å²) in [4.78, 5) is 14.9. The van der Waals surface area contributed by atoms with E-state index in [1.807, 2.05) is 56.3 Å². The van der Waals surface area contributed by atoms with Gasteiger partial charge in [0.15, 0.2) is 0 Å². The number of rotatable bonds is 7. The minimum absolute atomic E-state index is 0.0697. The monoisotopic (exact) mass is 368 g/mol. The molecule has 1 aliphatic rings. The maximum absolute atomic E-state index is 12.6. The van der Waals surface area contributed by atoms with Crippen molar-refractivity contribution < 1.29 is 14.3 Å². The molecule has 1 N–H and O–H groups in total. The van der Waals surface area contributed by atoms with E-state index >= 15 is 0 Å². The van der Waals surface area contributed by atoms with Crippen molar-refractivity contribution in [3.63, 3.8) is 0 Å². The van der Waals surface area contributed by atoms with E-state index in [1.165, 1.54) is 0 Å². The van der Waals surface area contributed by atoms with Crippen LogP contribution in [-0.2, 0) is 11.3 Å². The lowest BCUT2D eigenvalue weighted by Crippen LogP contribution is -2.37. The standard InChI is InChI=1S/C22H28N2O3/c1-17-6-3-4-9-21(17)27-16-18(2)23-22(25)20-8-5-7-19(14-20)15-24-10-12-26-13-11-24/h3-9,14,18H,10-13,15-16H2,1-2H3,(H,23,25). The topological polar surface area (TPSA) is 50.8 Å². The number of amides is 1. The Morgan fingerprint density at radius 2 is 1.96 bits per heavy atom. The summed E-state index contributed by atoms with van der Waals surface area (Å²) in [6, 6.07) is 15.6. The third-order valence-electron chi connectivity index (χ3n) is 4.66. The van der Waals surface area contributed by atoms with Crippen molar-refractivity contribution in [2.24, 2.45) is 0 Å². The minimum Gasteiger partial charge on any atom is -0.491 e. The molecule has 1 saturated heterocycles. The van der Waals surface area contributed by atoms with Gasteiger partial charge in [0.1, 0.15) is 12.4 Å². The molecule has 0 aliphatic carbocycles. The zero-order valence-electron chi connectivity index (χ0n) is 16.1. The lowest BCUT2D eigenvalue weighted by atomic mass is 10.1. The van der Waals surface area contributed by atoms with Gasteiger partial charge in [0.05, 0.1) is 19.3 Å². The van der Waals surface area contributed by atoms with Crippen molar-refractivity contribution in [3.8, 4) is 5.75 Å². The van der Waals surface area contributed by atoms with Crippen molar-refractivity contribution in [1.82, 2.24) is 10.2 Å². The zero-order chi connectivity index (χ0) is 19.1. The molecule has 0 spiro atoms. The van der Waals surface area contributed by atoms with E-state index in [0.717, 1.165) is 49.7 Å². The lowest BCUT2D eigenvalue weighted by molar-refractivity contribution is 0.0342. The van der Waals surface area contributed by atoms with Gasteiger partial charge in [-0.3, -0.25) is 9.69 Å². The van der Waals surface area contributed by atoms with Crippen LogP contribution in [0.15, 0.2) is 48.5 Å². The molecule has 0 bridgehead atoms. The number of nitrogens with zero attached hydrogens (tertiary/aromatic N) is 1. The minimum atomic E-state index is -0.0833. The SMILES string of the molecule is Cc1ccccc1OCC(C)NC(=O)c1cccc(CN2CCOCC2)c1. The summed E-state index contributed by atoms with van der Waals surface area (Å²) in [5.74, 6) is 0.783. The van der Waals surface area contributed by atoms with E-state index in [9.17, 15) is 4.79 Å². The summed E-state index contributed by atoms with van der Waals surface area (Å²) in [6.07, 6.45) is 0. The number of morpholine rings is 1. The van der Waals surface area contributed by atoms with Crippen molar-refractivity contribution in [2.45, 2.75) is 26.4 Å². The average molecular weight is 368 g/mol. The molecule has 1 heterocycles. The fourth-order valence-electron chi connectivity index (χ4n) is 3.11. The first-order valence-corrected chi connectivity index (χ1v) is 9.50. The molecule has 27 heavy (non-hydrogen) atoms. The molecule has 3 rings (SSSR count). The first-order valence-electron chi connectivity index (χ1n) is 9.50.